The Morgan fingerprint density at radius 1 is 1.53 bits per heavy atom. The second kappa shape index (κ2) is 3.31. The summed E-state index contributed by atoms with van der Waals surface area (Å²) < 4.78 is 1.88. The zero-order valence-electron chi connectivity index (χ0n) is 8.40. The lowest BCUT2D eigenvalue weighted by Crippen LogP contribution is -1.96. The van der Waals surface area contributed by atoms with Crippen LogP contribution in [0.15, 0.2) is 24.4 Å². The predicted molar refractivity (Wildman–Crippen MR) is 59.0 cm³/mol. The summed E-state index contributed by atoms with van der Waals surface area (Å²) in [6, 6.07) is 5.42. The maximum absolute atomic E-state index is 11.0. The average Bonchev–Trinajstić information content (AvgIpc) is 2.58. The molecule has 4 heteroatoms. The first-order chi connectivity index (χ1) is 7.15. The quantitative estimate of drug-likeness (QED) is 0.734. The van der Waals surface area contributed by atoms with Gasteiger partial charge in [-0.25, -0.2) is 4.79 Å². The smallest absolute Gasteiger partial charge is 0.337 e. The highest BCUT2D eigenvalue weighted by Gasteiger charge is 2.15. The lowest BCUT2D eigenvalue weighted by molar-refractivity contribution is 0.0699. The first kappa shape index (κ1) is 9.58. The Morgan fingerprint density at radius 2 is 2.27 bits per heavy atom. The Balaban J connectivity index is 2.88. The van der Waals surface area contributed by atoms with Crippen LogP contribution in [0.3, 0.4) is 0 Å². The molecule has 0 saturated heterocycles. The van der Waals surface area contributed by atoms with E-state index in [1.807, 2.05) is 23.6 Å². The van der Waals surface area contributed by atoms with E-state index in [4.69, 9.17) is 10.8 Å². The second-order valence-electron chi connectivity index (χ2n) is 3.38. The van der Waals surface area contributed by atoms with Crippen LogP contribution in [-0.2, 0) is 6.54 Å². The van der Waals surface area contributed by atoms with Crippen molar-refractivity contribution in [3.8, 4) is 0 Å². The molecule has 0 bridgehead atoms. The number of hydrogen-bond donors (Lipinski definition) is 2. The molecule has 0 fully saturated rings. The number of anilines is 1. The van der Waals surface area contributed by atoms with Crippen LogP contribution in [0.1, 0.15) is 17.3 Å². The SMILES string of the molecule is CCn1cc(C(=O)O)c2c(N)cccc21. The predicted octanol–water partition coefficient (Wildman–Crippen LogP) is 1.94. The van der Waals surface area contributed by atoms with Crippen molar-refractivity contribution in [3.05, 3.63) is 30.0 Å². The van der Waals surface area contributed by atoms with E-state index in [1.165, 1.54) is 0 Å². The van der Waals surface area contributed by atoms with Gasteiger partial charge >= 0.3 is 5.97 Å². The van der Waals surface area contributed by atoms with Crippen molar-refractivity contribution in [3.63, 3.8) is 0 Å². The van der Waals surface area contributed by atoms with Gasteiger partial charge < -0.3 is 15.4 Å². The number of carboxylic acids is 1. The van der Waals surface area contributed by atoms with E-state index in [2.05, 4.69) is 0 Å². The zero-order chi connectivity index (χ0) is 11.0. The molecule has 0 spiro atoms. The third kappa shape index (κ3) is 1.34. The van der Waals surface area contributed by atoms with Gasteiger partial charge in [0.1, 0.15) is 0 Å². The Morgan fingerprint density at radius 3 is 2.87 bits per heavy atom. The number of nitrogens with two attached hydrogens (primary N) is 1. The summed E-state index contributed by atoms with van der Waals surface area (Å²) in [6.45, 7) is 2.70. The molecule has 0 aliphatic carbocycles. The van der Waals surface area contributed by atoms with Gasteiger partial charge in [0.2, 0.25) is 0 Å². The van der Waals surface area contributed by atoms with Crippen molar-refractivity contribution in [1.29, 1.82) is 0 Å². The molecule has 4 nitrogen and oxygen atoms in total. The molecule has 15 heavy (non-hydrogen) atoms. The van der Waals surface area contributed by atoms with Gasteiger partial charge in [0, 0.05) is 23.8 Å². The van der Waals surface area contributed by atoms with E-state index in [0.29, 0.717) is 11.1 Å². The van der Waals surface area contributed by atoms with E-state index in [0.717, 1.165) is 12.1 Å². The summed E-state index contributed by atoms with van der Waals surface area (Å²) in [6.07, 6.45) is 1.63. The lowest BCUT2D eigenvalue weighted by atomic mass is 10.1. The number of aryl methyl sites for hydroxylation is 1. The first-order valence-electron chi connectivity index (χ1n) is 4.75. The topological polar surface area (TPSA) is 68.2 Å². The fourth-order valence-corrected chi connectivity index (χ4v) is 1.80. The van der Waals surface area contributed by atoms with Gasteiger partial charge in [-0.2, -0.15) is 0 Å². The summed E-state index contributed by atoms with van der Waals surface area (Å²) >= 11 is 0. The minimum Gasteiger partial charge on any atom is -0.478 e. The monoisotopic (exact) mass is 204 g/mol. The van der Waals surface area contributed by atoms with Crippen LogP contribution in [0.2, 0.25) is 0 Å². The molecule has 0 atom stereocenters. The van der Waals surface area contributed by atoms with E-state index in [9.17, 15) is 4.79 Å². The van der Waals surface area contributed by atoms with Gasteiger partial charge in [-0.05, 0) is 19.1 Å². The number of nitrogen functional groups attached to an aromatic ring is 1. The van der Waals surface area contributed by atoms with Gasteiger partial charge in [0.05, 0.1) is 11.1 Å². The molecule has 1 heterocycles. The molecule has 0 aliphatic rings. The number of hydrogen-bond acceptors (Lipinski definition) is 2. The molecule has 0 aliphatic heterocycles. The minimum atomic E-state index is -0.940. The van der Waals surface area contributed by atoms with Crippen LogP contribution in [-0.4, -0.2) is 15.6 Å². The normalized spacial score (nSPS) is 10.7. The van der Waals surface area contributed by atoms with Crippen molar-refractivity contribution < 1.29 is 9.90 Å². The van der Waals surface area contributed by atoms with Crippen molar-refractivity contribution in [1.82, 2.24) is 4.57 Å². The molecular weight excluding hydrogens is 192 g/mol. The number of aromatic nitrogens is 1. The van der Waals surface area contributed by atoms with Crippen LogP contribution in [0.25, 0.3) is 10.9 Å². The Hall–Kier alpha value is -1.97. The summed E-state index contributed by atoms with van der Waals surface area (Å²) in [5.74, 6) is -0.940. The van der Waals surface area contributed by atoms with Crippen molar-refractivity contribution >= 4 is 22.6 Å². The van der Waals surface area contributed by atoms with Crippen molar-refractivity contribution in [2.24, 2.45) is 0 Å². The third-order valence-electron chi connectivity index (χ3n) is 2.51. The van der Waals surface area contributed by atoms with Gasteiger partial charge in [0.25, 0.3) is 0 Å². The highest BCUT2D eigenvalue weighted by atomic mass is 16.4. The van der Waals surface area contributed by atoms with Crippen LogP contribution >= 0.6 is 0 Å². The van der Waals surface area contributed by atoms with Crippen molar-refractivity contribution in [2.75, 3.05) is 5.73 Å². The summed E-state index contributed by atoms with van der Waals surface area (Å²) in [7, 11) is 0. The number of carbonyl (C=O) groups is 1. The molecule has 0 radical (unpaired) electrons. The number of fused-ring (bicyclic) bond motifs is 1. The average molecular weight is 204 g/mol. The molecule has 0 saturated carbocycles. The molecule has 1 aromatic carbocycles. The van der Waals surface area contributed by atoms with Crippen molar-refractivity contribution in [2.45, 2.75) is 13.5 Å². The highest BCUT2D eigenvalue weighted by Crippen LogP contribution is 2.26. The number of carboxylic acid groups (broad SMARTS) is 1. The largest absolute Gasteiger partial charge is 0.478 e. The maximum atomic E-state index is 11.0. The highest BCUT2D eigenvalue weighted by molar-refractivity contribution is 6.08. The molecule has 2 rings (SSSR count). The standard InChI is InChI=1S/C11H12N2O2/c1-2-13-6-7(11(14)15)10-8(12)4-3-5-9(10)13/h3-6H,2,12H2,1H3,(H,14,15). The summed E-state index contributed by atoms with van der Waals surface area (Å²) in [5.41, 5.74) is 7.44. The summed E-state index contributed by atoms with van der Waals surface area (Å²) in [5, 5.41) is 9.68. The van der Waals surface area contributed by atoms with E-state index >= 15 is 0 Å². The van der Waals surface area contributed by atoms with Gasteiger partial charge in [-0.1, -0.05) is 6.07 Å². The second-order valence-corrected chi connectivity index (χ2v) is 3.38. The van der Waals surface area contributed by atoms with Gasteiger partial charge in [0.15, 0.2) is 0 Å². The first-order valence-corrected chi connectivity index (χ1v) is 4.75. The Kier molecular flexibility index (Phi) is 2.11. The Bertz CT molecular complexity index is 529. The van der Waals surface area contributed by atoms with Crippen LogP contribution < -0.4 is 5.73 Å². The molecule has 0 amide bonds. The van der Waals surface area contributed by atoms with E-state index in [-0.39, 0.29) is 5.56 Å². The Labute approximate surface area is 86.9 Å². The number of benzene rings is 1. The maximum Gasteiger partial charge on any atom is 0.337 e. The van der Waals surface area contributed by atoms with E-state index in [1.54, 1.807) is 12.3 Å². The molecule has 3 N–H and O–H groups in total. The number of nitrogens with zero attached hydrogens (tertiary/aromatic N) is 1. The fraction of sp³-hybridized carbons (Fsp3) is 0.182. The van der Waals surface area contributed by atoms with Gasteiger partial charge in [-0.15, -0.1) is 0 Å². The fourth-order valence-electron chi connectivity index (χ4n) is 1.80. The van der Waals surface area contributed by atoms with Crippen LogP contribution in [0.5, 0.6) is 0 Å². The van der Waals surface area contributed by atoms with E-state index < -0.39 is 5.97 Å². The molecule has 78 valence electrons. The van der Waals surface area contributed by atoms with Gasteiger partial charge in [-0.3, -0.25) is 0 Å². The molecular formula is C11H12N2O2. The lowest BCUT2D eigenvalue weighted by Gasteiger charge is -2.00. The number of aromatic carboxylic acids is 1. The summed E-state index contributed by atoms with van der Waals surface area (Å²) in [4.78, 5) is 11.0. The molecule has 2 aromatic rings. The number of rotatable bonds is 2. The molecule has 0 unspecified atom stereocenters. The zero-order valence-corrected chi connectivity index (χ0v) is 8.40. The molecule has 1 aromatic heterocycles. The third-order valence-corrected chi connectivity index (χ3v) is 2.51. The van der Waals surface area contributed by atoms with Crippen LogP contribution in [0.4, 0.5) is 5.69 Å². The van der Waals surface area contributed by atoms with Crippen LogP contribution in [0, 0.1) is 0 Å². The minimum absolute atomic E-state index is 0.268.